The maximum atomic E-state index is 12.7. The van der Waals surface area contributed by atoms with Gasteiger partial charge in [-0.05, 0) is 41.2 Å². The lowest BCUT2D eigenvalue weighted by Gasteiger charge is -2.39. The molecule has 0 aliphatic carbocycles. The molecule has 2 aliphatic rings. The number of rotatable bonds is 3. The Bertz CT molecular complexity index is 1330. The molecule has 0 radical (unpaired) electrons. The smallest absolute Gasteiger partial charge is 0.341 e. The predicted molar refractivity (Wildman–Crippen MR) is 126 cm³/mol. The van der Waals surface area contributed by atoms with E-state index >= 15 is 0 Å². The number of aromatic carboxylic acids is 1. The molecule has 170 valence electrons. The Kier molecular flexibility index (Phi) is 4.85. The first-order valence-corrected chi connectivity index (χ1v) is 11.1. The summed E-state index contributed by atoms with van der Waals surface area (Å²) in [5.74, 6) is 0.486. The van der Waals surface area contributed by atoms with E-state index in [1.54, 1.807) is 7.11 Å². The normalized spacial score (nSPS) is 16.4. The molecular formula is C27H27NO5. The number of hydrogen-bond acceptors (Lipinski definition) is 4. The third-order valence-electron chi connectivity index (χ3n) is 6.82. The number of benzene rings is 2. The molecule has 0 unspecified atom stereocenters. The van der Waals surface area contributed by atoms with Crippen molar-refractivity contribution < 1.29 is 19.4 Å². The van der Waals surface area contributed by atoms with Gasteiger partial charge in [-0.2, -0.15) is 0 Å². The van der Waals surface area contributed by atoms with Crippen molar-refractivity contribution >= 4 is 5.97 Å². The van der Waals surface area contributed by atoms with Gasteiger partial charge in [-0.25, -0.2) is 4.79 Å². The largest absolute Gasteiger partial charge is 0.497 e. The van der Waals surface area contributed by atoms with Gasteiger partial charge in [0, 0.05) is 41.4 Å². The molecule has 0 spiro atoms. The zero-order valence-corrected chi connectivity index (χ0v) is 19.3. The van der Waals surface area contributed by atoms with Crippen molar-refractivity contribution in [3.8, 4) is 33.9 Å². The van der Waals surface area contributed by atoms with Gasteiger partial charge in [-0.1, -0.05) is 32.9 Å². The summed E-state index contributed by atoms with van der Waals surface area (Å²) in [6.45, 7) is 7.06. The van der Waals surface area contributed by atoms with E-state index in [1.807, 2.05) is 28.8 Å². The highest BCUT2D eigenvalue weighted by Crippen LogP contribution is 2.49. The first-order valence-electron chi connectivity index (χ1n) is 11.1. The fourth-order valence-corrected chi connectivity index (χ4v) is 5.09. The highest BCUT2D eigenvalue weighted by atomic mass is 16.5. The monoisotopic (exact) mass is 445 g/mol. The van der Waals surface area contributed by atoms with Crippen molar-refractivity contribution in [2.75, 3.05) is 13.7 Å². The second kappa shape index (κ2) is 7.51. The summed E-state index contributed by atoms with van der Waals surface area (Å²) in [6, 6.07) is 11.4. The summed E-state index contributed by atoms with van der Waals surface area (Å²) in [4.78, 5) is 24.4. The van der Waals surface area contributed by atoms with E-state index in [2.05, 4.69) is 26.8 Å². The van der Waals surface area contributed by atoms with Gasteiger partial charge in [0.2, 0.25) is 0 Å². The first kappa shape index (κ1) is 21.3. The fourth-order valence-electron chi connectivity index (χ4n) is 5.09. The van der Waals surface area contributed by atoms with Crippen LogP contribution >= 0.6 is 0 Å². The molecule has 2 aliphatic heterocycles. The van der Waals surface area contributed by atoms with Gasteiger partial charge in [0.1, 0.15) is 17.1 Å². The van der Waals surface area contributed by atoms with E-state index in [4.69, 9.17) is 9.47 Å². The van der Waals surface area contributed by atoms with Crippen LogP contribution in [0.1, 0.15) is 48.3 Å². The maximum absolute atomic E-state index is 12.7. The van der Waals surface area contributed by atoms with Crippen LogP contribution in [-0.4, -0.2) is 29.4 Å². The number of aromatic nitrogens is 1. The quantitative estimate of drug-likeness (QED) is 0.616. The topological polar surface area (TPSA) is 77.8 Å². The van der Waals surface area contributed by atoms with E-state index in [-0.39, 0.29) is 17.0 Å². The number of hydrogen-bond donors (Lipinski definition) is 1. The van der Waals surface area contributed by atoms with Gasteiger partial charge in [0.05, 0.1) is 19.4 Å². The molecule has 0 saturated heterocycles. The fraction of sp³-hybridized carbons (Fsp3) is 0.333. The summed E-state index contributed by atoms with van der Waals surface area (Å²) >= 11 is 0. The zero-order valence-electron chi connectivity index (χ0n) is 19.3. The van der Waals surface area contributed by atoms with E-state index in [0.717, 1.165) is 46.7 Å². The Morgan fingerprint density at radius 3 is 2.48 bits per heavy atom. The molecular weight excluding hydrogens is 418 g/mol. The van der Waals surface area contributed by atoms with Gasteiger partial charge in [0.15, 0.2) is 5.43 Å². The Morgan fingerprint density at radius 1 is 1.12 bits per heavy atom. The van der Waals surface area contributed by atoms with Gasteiger partial charge in [-0.3, -0.25) is 4.79 Å². The average molecular weight is 446 g/mol. The number of nitrogens with zero attached hydrogens (tertiary/aromatic N) is 1. The van der Waals surface area contributed by atoms with E-state index < -0.39 is 11.4 Å². The van der Waals surface area contributed by atoms with E-state index in [0.29, 0.717) is 6.61 Å². The van der Waals surface area contributed by atoms with Crippen LogP contribution in [0.15, 0.2) is 47.4 Å². The van der Waals surface area contributed by atoms with Crippen LogP contribution < -0.4 is 14.9 Å². The molecule has 1 N–H and O–H groups in total. The third-order valence-corrected chi connectivity index (χ3v) is 6.82. The molecule has 33 heavy (non-hydrogen) atoms. The minimum absolute atomic E-state index is 0.00948. The van der Waals surface area contributed by atoms with Gasteiger partial charge in [-0.15, -0.1) is 0 Å². The lowest BCUT2D eigenvalue weighted by molar-refractivity contribution is 0.0693. The highest BCUT2D eigenvalue weighted by Gasteiger charge is 2.36. The molecule has 0 saturated carbocycles. The third kappa shape index (κ3) is 3.41. The first-order chi connectivity index (χ1) is 15.7. The Balaban J connectivity index is 1.79. The lowest BCUT2D eigenvalue weighted by atomic mass is 9.76. The van der Waals surface area contributed by atoms with Crippen molar-refractivity contribution in [2.45, 2.75) is 39.7 Å². The molecule has 3 aromatic rings. The molecule has 6 nitrogen and oxygen atoms in total. The van der Waals surface area contributed by atoms with Crippen LogP contribution in [0, 0.1) is 5.41 Å². The number of carboxylic acid groups (broad SMARTS) is 1. The maximum Gasteiger partial charge on any atom is 0.341 e. The molecule has 0 fully saturated rings. The Hall–Kier alpha value is -3.54. The molecule has 3 heterocycles. The van der Waals surface area contributed by atoms with E-state index in [1.165, 1.54) is 23.4 Å². The summed E-state index contributed by atoms with van der Waals surface area (Å²) in [6.07, 6.45) is 3.09. The SMILES string of the molecule is COc1ccc(-c2cc3c(c4c2OCC4)C[C@@H](C(C)(C)C)n2cc(C(=O)O)c(=O)cc2-3)cc1. The number of pyridine rings is 1. The number of carbonyl (C=O) groups is 1. The van der Waals surface area contributed by atoms with Crippen molar-refractivity contribution in [3.05, 3.63) is 69.5 Å². The molecule has 6 heteroatoms. The molecule has 0 amide bonds. The second-order valence-corrected chi connectivity index (χ2v) is 9.82. The Labute approximate surface area is 192 Å². The molecule has 1 aromatic heterocycles. The number of carboxylic acids is 1. The standard InChI is InChI=1S/C27H27NO5/c1-27(2,3)24-12-19-17-9-10-33-25(17)18(15-5-7-16(32-4)8-6-15)11-20(19)22-13-23(29)21(26(30)31)14-28(22)24/h5-8,11,13-14,24H,9-10,12H2,1-4H3,(H,30,31)/t24-/m0/s1. The number of ether oxygens (including phenoxy) is 2. The lowest BCUT2D eigenvalue weighted by Crippen LogP contribution is -2.33. The van der Waals surface area contributed by atoms with Gasteiger partial charge in [0.25, 0.3) is 0 Å². The summed E-state index contributed by atoms with van der Waals surface area (Å²) in [5.41, 5.74) is 5.28. The number of fused-ring (bicyclic) bond motifs is 5. The van der Waals surface area contributed by atoms with Crippen molar-refractivity contribution in [2.24, 2.45) is 5.41 Å². The average Bonchev–Trinajstić information content (AvgIpc) is 3.27. The molecule has 0 bridgehead atoms. The predicted octanol–water partition coefficient (Wildman–Crippen LogP) is 4.97. The molecule has 5 rings (SSSR count). The molecule has 2 aromatic carbocycles. The van der Waals surface area contributed by atoms with Gasteiger partial charge >= 0.3 is 5.97 Å². The Morgan fingerprint density at radius 2 is 1.85 bits per heavy atom. The summed E-state index contributed by atoms with van der Waals surface area (Å²) < 4.78 is 13.4. The zero-order chi connectivity index (χ0) is 23.5. The van der Waals surface area contributed by atoms with E-state index in [9.17, 15) is 14.7 Å². The van der Waals surface area contributed by atoms with Crippen LogP contribution in [0.2, 0.25) is 0 Å². The summed E-state index contributed by atoms with van der Waals surface area (Å²) in [5, 5.41) is 9.57. The highest BCUT2D eigenvalue weighted by molar-refractivity contribution is 5.88. The van der Waals surface area contributed by atoms with Crippen molar-refractivity contribution in [3.63, 3.8) is 0 Å². The van der Waals surface area contributed by atoms with Crippen LogP contribution in [-0.2, 0) is 12.8 Å². The minimum atomic E-state index is -1.20. The van der Waals surface area contributed by atoms with Crippen molar-refractivity contribution in [1.82, 2.24) is 4.57 Å². The van der Waals surface area contributed by atoms with Crippen LogP contribution in [0.5, 0.6) is 11.5 Å². The minimum Gasteiger partial charge on any atom is -0.497 e. The van der Waals surface area contributed by atoms with Gasteiger partial charge < -0.3 is 19.1 Å². The second-order valence-electron chi connectivity index (χ2n) is 9.82. The van der Waals surface area contributed by atoms with Crippen molar-refractivity contribution in [1.29, 1.82) is 0 Å². The van der Waals surface area contributed by atoms with Crippen LogP contribution in [0.25, 0.3) is 22.4 Å². The number of methoxy groups -OCH3 is 1. The molecule has 1 atom stereocenters. The van der Waals surface area contributed by atoms with Crippen LogP contribution in [0.4, 0.5) is 0 Å². The van der Waals surface area contributed by atoms with Crippen LogP contribution in [0.3, 0.4) is 0 Å². The summed E-state index contributed by atoms with van der Waals surface area (Å²) in [7, 11) is 1.64.